The summed E-state index contributed by atoms with van der Waals surface area (Å²) in [7, 11) is 0. The van der Waals surface area contributed by atoms with Gasteiger partial charge in [0.2, 0.25) is 0 Å². The molecule has 1 heteroatoms. The Balaban J connectivity index is 2.24. The van der Waals surface area contributed by atoms with Crippen molar-refractivity contribution in [3.8, 4) is 0 Å². The van der Waals surface area contributed by atoms with Crippen LogP contribution in [0.5, 0.6) is 0 Å². The van der Waals surface area contributed by atoms with Crippen molar-refractivity contribution in [1.82, 2.24) is 0 Å². The number of hydrogen-bond acceptors (Lipinski definition) is 1. The number of Topliss-reactive ketones (excluding diaryl/α,β-unsaturated/α-hetero) is 1. The predicted octanol–water partition coefficient (Wildman–Crippen LogP) is 4.60. The molecule has 0 radical (unpaired) electrons. The van der Waals surface area contributed by atoms with Gasteiger partial charge in [-0.1, -0.05) is 46.5 Å². The molecule has 0 amide bonds. The van der Waals surface area contributed by atoms with E-state index in [0.29, 0.717) is 11.7 Å². The predicted molar refractivity (Wildman–Crippen MR) is 69.4 cm³/mol. The lowest BCUT2D eigenvalue weighted by molar-refractivity contribution is -0.124. The molecule has 0 aromatic carbocycles. The first-order valence-corrected chi connectivity index (χ1v) is 7.16. The summed E-state index contributed by atoms with van der Waals surface area (Å²) in [5, 5.41) is 0. The monoisotopic (exact) mass is 224 g/mol. The van der Waals surface area contributed by atoms with E-state index in [1.807, 2.05) is 0 Å². The second kappa shape index (κ2) is 7.09. The minimum Gasteiger partial charge on any atom is -0.299 e. The number of hydrogen-bond donors (Lipinski definition) is 0. The number of carbonyl (C=O) groups is 1. The fraction of sp³-hybridized carbons (Fsp3) is 0.933. The van der Waals surface area contributed by atoms with Crippen molar-refractivity contribution in [3.05, 3.63) is 0 Å². The quantitative estimate of drug-likeness (QED) is 0.644. The molecule has 2 atom stereocenters. The van der Waals surface area contributed by atoms with Gasteiger partial charge in [-0.15, -0.1) is 0 Å². The Labute approximate surface area is 101 Å². The van der Waals surface area contributed by atoms with Crippen molar-refractivity contribution in [2.24, 2.45) is 17.8 Å². The molecule has 0 aliphatic heterocycles. The van der Waals surface area contributed by atoms with Crippen LogP contribution in [-0.4, -0.2) is 5.78 Å². The maximum Gasteiger partial charge on any atom is 0.135 e. The van der Waals surface area contributed by atoms with E-state index >= 15 is 0 Å². The summed E-state index contributed by atoms with van der Waals surface area (Å²) in [6.45, 7) is 6.73. The molecule has 0 aromatic heterocycles. The zero-order valence-electron chi connectivity index (χ0n) is 11.3. The molecule has 94 valence electrons. The smallest absolute Gasteiger partial charge is 0.135 e. The topological polar surface area (TPSA) is 17.1 Å². The maximum atomic E-state index is 12.0. The van der Waals surface area contributed by atoms with Gasteiger partial charge < -0.3 is 0 Å². The molecular formula is C15H28O. The Hall–Kier alpha value is -0.330. The molecular weight excluding hydrogens is 196 g/mol. The molecule has 2 unspecified atom stereocenters. The van der Waals surface area contributed by atoms with Crippen molar-refractivity contribution in [3.63, 3.8) is 0 Å². The lowest BCUT2D eigenvalue weighted by atomic mass is 9.77. The van der Waals surface area contributed by atoms with Crippen LogP contribution in [0.15, 0.2) is 0 Å². The van der Waals surface area contributed by atoms with Gasteiger partial charge in [0.25, 0.3) is 0 Å². The SMILES string of the molecule is CCC1CCCC(C(=O)CCCC(C)C)C1. The first-order valence-electron chi connectivity index (χ1n) is 7.16. The Bertz CT molecular complexity index is 207. The van der Waals surface area contributed by atoms with Crippen LogP contribution in [0, 0.1) is 17.8 Å². The van der Waals surface area contributed by atoms with Crippen LogP contribution in [-0.2, 0) is 4.79 Å². The van der Waals surface area contributed by atoms with E-state index in [-0.39, 0.29) is 0 Å². The highest BCUT2D eigenvalue weighted by molar-refractivity contribution is 5.81. The van der Waals surface area contributed by atoms with Gasteiger partial charge in [-0.2, -0.15) is 0 Å². The normalized spacial score (nSPS) is 26.0. The summed E-state index contributed by atoms with van der Waals surface area (Å²) in [5.74, 6) is 2.53. The van der Waals surface area contributed by atoms with Gasteiger partial charge in [-0.25, -0.2) is 0 Å². The van der Waals surface area contributed by atoms with Crippen molar-refractivity contribution < 1.29 is 4.79 Å². The van der Waals surface area contributed by atoms with E-state index < -0.39 is 0 Å². The molecule has 1 saturated carbocycles. The lowest BCUT2D eigenvalue weighted by Crippen LogP contribution is -2.22. The second-order valence-corrected chi connectivity index (χ2v) is 5.89. The fourth-order valence-electron chi connectivity index (χ4n) is 2.84. The third-order valence-corrected chi connectivity index (χ3v) is 4.02. The van der Waals surface area contributed by atoms with Gasteiger partial charge in [0.15, 0.2) is 0 Å². The van der Waals surface area contributed by atoms with E-state index in [1.54, 1.807) is 0 Å². The van der Waals surface area contributed by atoms with E-state index in [0.717, 1.165) is 31.1 Å². The molecule has 0 N–H and O–H groups in total. The molecule has 1 rings (SSSR count). The highest BCUT2D eigenvalue weighted by atomic mass is 16.1. The van der Waals surface area contributed by atoms with Gasteiger partial charge in [0, 0.05) is 12.3 Å². The van der Waals surface area contributed by atoms with Crippen LogP contribution >= 0.6 is 0 Å². The van der Waals surface area contributed by atoms with Crippen molar-refractivity contribution in [2.75, 3.05) is 0 Å². The van der Waals surface area contributed by atoms with Gasteiger partial charge in [0.1, 0.15) is 5.78 Å². The molecule has 16 heavy (non-hydrogen) atoms. The molecule has 0 spiro atoms. The average molecular weight is 224 g/mol. The van der Waals surface area contributed by atoms with Crippen LogP contribution in [0.3, 0.4) is 0 Å². The first-order chi connectivity index (χ1) is 7.63. The first kappa shape index (κ1) is 13.7. The van der Waals surface area contributed by atoms with E-state index in [1.165, 1.54) is 32.1 Å². The highest BCUT2D eigenvalue weighted by Crippen LogP contribution is 2.32. The summed E-state index contributed by atoms with van der Waals surface area (Å²) in [6.07, 6.45) is 9.37. The molecule has 0 heterocycles. The summed E-state index contributed by atoms with van der Waals surface area (Å²) in [6, 6.07) is 0. The van der Waals surface area contributed by atoms with Gasteiger partial charge in [0.05, 0.1) is 0 Å². The van der Waals surface area contributed by atoms with Crippen LogP contribution < -0.4 is 0 Å². The Morgan fingerprint density at radius 3 is 2.69 bits per heavy atom. The van der Waals surface area contributed by atoms with Crippen molar-refractivity contribution >= 4 is 5.78 Å². The number of carbonyl (C=O) groups excluding carboxylic acids is 1. The largest absolute Gasteiger partial charge is 0.299 e. The zero-order valence-corrected chi connectivity index (χ0v) is 11.3. The minimum absolute atomic E-state index is 0.408. The molecule has 1 nitrogen and oxygen atoms in total. The second-order valence-electron chi connectivity index (χ2n) is 5.89. The third kappa shape index (κ3) is 4.67. The van der Waals surface area contributed by atoms with Crippen LogP contribution in [0.25, 0.3) is 0 Å². The van der Waals surface area contributed by atoms with E-state index in [2.05, 4.69) is 20.8 Å². The van der Waals surface area contributed by atoms with E-state index in [4.69, 9.17) is 0 Å². The third-order valence-electron chi connectivity index (χ3n) is 4.02. The van der Waals surface area contributed by atoms with Crippen LogP contribution in [0.1, 0.15) is 72.1 Å². The molecule has 1 aliphatic rings. The van der Waals surface area contributed by atoms with Gasteiger partial charge in [-0.3, -0.25) is 4.79 Å². The van der Waals surface area contributed by atoms with Crippen molar-refractivity contribution in [1.29, 1.82) is 0 Å². The minimum atomic E-state index is 0.408. The summed E-state index contributed by atoms with van der Waals surface area (Å²) in [5.41, 5.74) is 0. The number of ketones is 1. The fourth-order valence-corrected chi connectivity index (χ4v) is 2.84. The molecule has 0 bridgehead atoms. The summed E-state index contributed by atoms with van der Waals surface area (Å²) >= 11 is 0. The van der Waals surface area contributed by atoms with Gasteiger partial charge in [-0.05, 0) is 31.1 Å². The van der Waals surface area contributed by atoms with Crippen molar-refractivity contribution in [2.45, 2.75) is 72.1 Å². The Morgan fingerprint density at radius 1 is 1.31 bits per heavy atom. The summed E-state index contributed by atoms with van der Waals surface area (Å²) in [4.78, 5) is 12.0. The Morgan fingerprint density at radius 2 is 2.06 bits per heavy atom. The molecule has 1 aliphatic carbocycles. The molecule has 0 aromatic rings. The van der Waals surface area contributed by atoms with Gasteiger partial charge >= 0.3 is 0 Å². The van der Waals surface area contributed by atoms with E-state index in [9.17, 15) is 4.79 Å². The molecule has 1 fully saturated rings. The average Bonchev–Trinajstić information content (AvgIpc) is 2.28. The standard InChI is InChI=1S/C15H28O/c1-4-13-8-6-9-14(11-13)15(16)10-5-7-12(2)3/h12-14H,4-11H2,1-3H3. The summed E-state index contributed by atoms with van der Waals surface area (Å²) < 4.78 is 0. The highest BCUT2D eigenvalue weighted by Gasteiger charge is 2.25. The number of rotatable bonds is 6. The van der Waals surface area contributed by atoms with Crippen LogP contribution in [0.2, 0.25) is 0 Å². The zero-order chi connectivity index (χ0) is 12.0. The maximum absolute atomic E-state index is 12.0. The molecule has 0 saturated heterocycles. The Kier molecular flexibility index (Phi) is 6.08. The van der Waals surface area contributed by atoms with Crippen LogP contribution in [0.4, 0.5) is 0 Å². The lowest BCUT2D eigenvalue weighted by Gasteiger charge is -2.27.